The lowest BCUT2D eigenvalue weighted by atomic mass is 10.0. The van der Waals surface area contributed by atoms with E-state index in [2.05, 4.69) is 10.6 Å². The maximum Gasteiger partial charge on any atom is 0.255 e. The Morgan fingerprint density at radius 2 is 2.15 bits per heavy atom. The average molecular weight is 276 g/mol. The van der Waals surface area contributed by atoms with Crippen LogP contribution in [-0.2, 0) is 9.59 Å². The number of rotatable bonds is 3. The molecule has 1 aliphatic rings. The van der Waals surface area contributed by atoms with Gasteiger partial charge < -0.3 is 10.1 Å². The van der Waals surface area contributed by atoms with E-state index in [1.54, 1.807) is 18.2 Å². The number of imide groups is 1. The first-order chi connectivity index (χ1) is 9.51. The van der Waals surface area contributed by atoms with E-state index in [0.29, 0.717) is 17.7 Å². The third-order valence-corrected chi connectivity index (χ3v) is 3.15. The zero-order valence-corrected chi connectivity index (χ0v) is 11.4. The molecule has 0 aromatic heterocycles. The van der Waals surface area contributed by atoms with Crippen molar-refractivity contribution in [1.29, 1.82) is 0 Å². The molecule has 1 aliphatic heterocycles. The van der Waals surface area contributed by atoms with Gasteiger partial charge in [-0.1, -0.05) is 6.07 Å². The van der Waals surface area contributed by atoms with Gasteiger partial charge in [-0.25, -0.2) is 0 Å². The van der Waals surface area contributed by atoms with Crippen molar-refractivity contribution in [3.05, 3.63) is 29.3 Å². The molecule has 0 spiro atoms. The van der Waals surface area contributed by atoms with Gasteiger partial charge in [-0.2, -0.15) is 0 Å². The molecule has 2 N–H and O–H groups in total. The molecular weight excluding hydrogens is 260 g/mol. The second-order valence-corrected chi connectivity index (χ2v) is 4.68. The molecule has 1 unspecified atom stereocenters. The number of aryl methyl sites for hydroxylation is 1. The molecule has 0 aliphatic carbocycles. The van der Waals surface area contributed by atoms with Crippen LogP contribution in [0, 0.1) is 6.92 Å². The number of hydrogen-bond donors (Lipinski definition) is 2. The average Bonchev–Trinajstić information content (AvgIpc) is 2.41. The number of ether oxygens (including phenoxy) is 1. The molecule has 6 nitrogen and oxygen atoms in total. The molecule has 1 heterocycles. The van der Waals surface area contributed by atoms with Gasteiger partial charge >= 0.3 is 0 Å². The monoisotopic (exact) mass is 276 g/mol. The molecule has 0 bridgehead atoms. The zero-order chi connectivity index (χ0) is 14.7. The summed E-state index contributed by atoms with van der Waals surface area (Å²) in [5.74, 6) is -0.722. The van der Waals surface area contributed by atoms with Crippen LogP contribution in [0.1, 0.15) is 28.8 Å². The van der Waals surface area contributed by atoms with Crippen molar-refractivity contribution < 1.29 is 19.1 Å². The maximum absolute atomic E-state index is 12.2. The molecule has 20 heavy (non-hydrogen) atoms. The zero-order valence-electron chi connectivity index (χ0n) is 11.4. The van der Waals surface area contributed by atoms with Gasteiger partial charge in [0, 0.05) is 6.42 Å². The third kappa shape index (κ3) is 2.96. The predicted octanol–water partition coefficient (Wildman–Crippen LogP) is 0.539. The van der Waals surface area contributed by atoms with Gasteiger partial charge in [0.25, 0.3) is 5.91 Å². The maximum atomic E-state index is 12.2. The van der Waals surface area contributed by atoms with Gasteiger partial charge in [0.15, 0.2) is 0 Å². The van der Waals surface area contributed by atoms with E-state index in [9.17, 15) is 14.4 Å². The summed E-state index contributed by atoms with van der Waals surface area (Å²) in [4.78, 5) is 34.8. The van der Waals surface area contributed by atoms with Crippen LogP contribution in [0.2, 0.25) is 0 Å². The Hall–Kier alpha value is -2.37. The lowest BCUT2D eigenvalue weighted by molar-refractivity contribution is -0.134. The summed E-state index contributed by atoms with van der Waals surface area (Å²) < 4.78 is 5.16. The fourth-order valence-electron chi connectivity index (χ4n) is 2.05. The van der Waals surface area contributed by atoms with Crippen LogP contribution in [0.3, 0.4) is 0 Å². The van der Waals surface area contributed by atoms with E-state index in [1.165, 1.54) is 7.11 Å². The number of carbonyl (C=O) groups excluding carboxylic acids is 3. The van der Waals surface area contributed by atoms with Crippen LogP contribution in [0.15, 0.2) is 18.2 Å². The van der Waals surface area contributed by atoms with E-state index in [-0.39, 0.29) is 12.3 Å². The Balaban J connectivity index is 2.12. The number of piperidine rings is 1. The Morgan fingerprint density at radius 1 is 1.40 bits per heavy atom. The first kappa shape index (κ1) is 14.0. The van der Waals surface area contributed by atoms with Crippen LogP contribution >= 0.6 is 0 Å². The van der Waals surface area contributed by atoms with Crippen molar-refractivity contribution in [2.75, 3.05) is 7.11 Å². The SMILES string of the molecule is COc1cc(C)ccc1C(=O)NC1CCC(=O)NC1=O. The summed E-state index contributed by atoms with van der Waals surface area (Å²) in [6.45, 7) is 1.89. The van der Waals surface area contributed by atoms with Gasteiger partial charge in [-0.05, 0) is 31.0 Å². The van der Waals surface area contributed by atoms with Crippen molar-refractivity contribution in [2.24, 2.45) is 0 Å². The summed E-state index contributed by atoms with van der Waals surface area (Å²) in [5, 5.41) is 4.82. The molecule has 1 fully saturated rings. The van der Waals surface area contributed by atoms with Crippen molar-refractivity contribution in [1.82, 2.24) is 10.6 Å². The topological polar surface area (TPSA) is 84.5 Å². The predicted molar refractivity (Wildman–Crippen MR) is 71.4 cm³/mol. The molecule has 2 rings (SSSR count). The van der Waals surface area contributed by atoms with Gasteiger partial charge in [0.1, 0.15) is 11.8 Å². The minimum atomic E-state index is -0.689. The molecular formula is C14H16N2O4. The number of nitrogens with one attached hydrogen (secondary N) is 2. The Morgan fingerprint density at radius 3 is 2.80 bits per heavy atom. The van der Waals surface area contributed by atoms with Crippen LogP contribution in [-0.4, -0.2) is 30.9 Å². The second-order valence-electron chi connectivity index (χ2n) is 4.68. The normalized spacial score (nSPS) is 18.4. The van der Waals surface area contributed by atoms with Crippen molar-refractivity contribution in [3.8, 4) is 5.75 Å². The van der Waals surface area contributed by atoms with E-state index < -0.39 is 17.9 Å². The van der Waals surface area contributed by atoms with E-state index in [4.69, 9.17) is 4.74 Å². The van der Waals surface area contributed by atoms with Crippen LogP contribution in [0.25, 0.3) is 0 Å². The van der Waals surface area contributed by atoms with Crippen LogP contribution in [0.4, 0.5) is 0 Å². The van der Waals surface area contributed by atoms with Crippen LogP contribution in [0.5, 0.6) is 5.75 Å². The minimum absolute atomic E-state index is 0.224. The molecule has 3 amide bonds. The van der Waals surface area contributed by atoms with E-state index in [0.717, 1.165) is 5.56 Å². The Labute approximate surface area is 116 Å². The van der Waals surface area contributed by atoms with Gasteiger partial charge in [-0.3, -0.25) is 19.7 Å². The first-order valence-corrected chi connectivity index (χ1v) is 6.30. The molecule has 1 atom stereocenters. The number of carbonyl (C=O) groups is 3. The largest absolute Gasteiger partial charge is 0.496 e. The summed E-state index contributed by atoms with van der Waals surface area (Å²) >= 11 is 0. The lowest BCUT2D eigenvalue weighted by Gasteiger charge is -2.22. The molecule has 0 radical (unpaired) electrons. The highest BCUT2D eigenvalue weighted by atomic mass is 16.5. The number of benzene rings is 1. The third-order valence-electron chi connectivity index (χ3n) is 3.15. The molecule has 1 saturated heterocycles. The van der Waals surface area contributed by atoms with Crippen molar-refractivity contribution in [3.63, 3.8) is 0 Å². The van der Waals surface area contributed by atoms with Crippen LogP contribution < -0.4 is 15.4 Å². The molecule has 1 aromatic carbocycles. The molecule has 0 saturated carbocycles. The fraction of sp³-hybridized carbons (Fsp3) is 0.357. The summed E-state index contributed by atoms with van der Waals surface area (Å²) in [7, 11) is 1.48. The highest BCUT2D eigenvalue weighted by molar-refractivity contribution is 6.04. The van der Waals surface area contributed by atoms with Gasteiger partial charge in [-0.15, -0.1) is 0 Å². The van der Waals surface area contributed by atoms with Crippen molar-refractivity contribution >= 4 is 17.7 Å². The number of methoxy groups -OCH3 is 1. The molecule has 6 heteroatoms. The van der Waals surface area contributed by atoms with E-state index in [1.807, 2.05) is 6.92 Å². The van der Waals surface area contributed by atoms with Gasteiger partial charge in [0.05, 0.1) is 12.7 Å². The minimum Gasteiger partial charge on any atom is -0.496 e. The number of hydrogen-bond acceptors (Lipinski definition) is 4. The highest BCUT2D eigenvalue weighted by Gasteiger charge is 2.28. The smallest absolute Gasteiger partial charge is 0.255 e. The number of amides is 3. The first-order valence-electron chi connectivity index (χ1n) is 6.30. The lowest BCUT2D eigenvalue weighted by Crippen LogP contribution is -2.52. The molecule has 1 aromatic rings. The second kappa shape index (κ2) is 5.73. The Bertz CT molecular complexity index is 568. The standard InChI is InChI=1S/C14H16N2O4/c1-8-3-4-9(11(7-8)20-2)13(18)15-10-5-6-12(17)16-14(10)19/h3-4,7,10H,5-6H2,1-2H3,(H,15,18)(H,16,17,19). The Kier molecular flexibility index (Phi) is 4.02. The van der Waals surface area contributed by atoms with E-state index >= 15 is 0 Å². The van der Waals surface area contributed by atoms with Crippen molar-refractivity contribution in [2.45, 2.75) is 25.8 Å². The summed E-state index contributed by atoms with van der Waals surface area (Å²) in [6.07, 6.45) is 0.534. The molecule has 106 valence electrons. The van der Waals surface area contributed by atoms with Gasteiger partial charge in [0.2, 0.25) is 11.8 Å². The highest BCUT2D eigenvalue weighted by Crippen LogP contribution is 2.20. The summed E-state index contributed by atoms with van der Waals surface area (Å²) in [5.41, 5.74) is 1.34. The summed E-state index contributed by atoms with van der Waals surface area (Å²) in [6, 6.07) is 4.50. The fourth-order valence-corrected chi connectivity index (χ4v) is 2.05. The quantitative estimate of drug-likeness (QED) is 0.789.